The Labute approximate surface area is 130 Å². The normalized spacial score (nSPS) is 11.0. The van der Waals surface area contributed by atoms with E-state index in [1.54, 1.807) is 0 Å². The molecule has 0 spiro atoms. The van der Waals surface area contributed by atoms with Gasteiger partial charge in [0.15, 0.2) is 0 Å². The van der Waals surface area contributed by atoms with E-state index in [9.17, 15) is 5.11 Å². The molecule has 1 N–H and O–H groups in total. The lowest BCUT2D eigenvalue weighted by molar-refractivity contribution is 0.255. The Balaban J connectivity index is 1.73. The fraction of sp³-hybridized carbons (Fsp3) is 0.278. The van der Waals surface area contributed by atoms with E-state index in [0.717, 1.165) is 23.2 Å². The minimum absolute atomic E-state index is 0.0694. The Bertz CT molecular complexity index is 765. The molecule has 0 unspecified atom stereocenters. The van der Waals surface area contributed by atoms with Crippen LogP contribution in [0, 0.1) is 0 Å². The van der Waals surface area contributed by atoms with Crippen molar-refractivity contribution >= 4 is 11.0 Å². The van der Waals surface area contributed by atoms with Crippen LogP contribution in [-0.4, -0.2) is 21.3 Å². The first-order valence-electron chi connectivity index (χ1n) is 7.58. The molecule has 0 saturated carbocycles. The van der Waals surface area contributed by atoms with E-state index in [1.165, 1.54) is 5.56 Å². The van der Waals surface area contributed by atoms with Gasteiger partial charge in [0.05, 0.1) is 17.6 Å². The molecular formula is C18H20N2O2. The van der Waals surface area contributed by atoms with E-state index in [2.05, 4.69) is 24.0 Å². The first-order valence-corrected chi connectivity index (χ1v) is 7.58. The van der Waals surface area contributed by atoms with Crippen LogP contribution >= 0.6 is 0 Å². The molecule has 4 heteroatoms. The van der Waals surface area contributed by atoms with Crippen LogP contribution in [0.3, 0.4) is 0 Å². The van der Waals surface area contributed by atoms with E-state index in [1.807, 2.05) is 41.0 Å². The lowest BCUT2D eigenvalue weighted by Crippen LogP contribution is -2.11. The monoisotopic (exact) mass is 296 g/mol. The molecule has 0 aliphatic rings. The van der Waals surface area contributed by atoms with Crippen molar-refractivity contribution in [2.45, 2.75) is 26.5 Å². The summed E-state index contributed by atoms with van der Waals surface area (Å²) in [4.78, 5) is 4.44. The molecule has 0 fully saturated rings. The Morgan fingerprint density at radius 3 is 2.82 bits per heavy atom. The number of aliphatic hydroxyl groups excluding tert-OH is 1. The lowest BCUT2D eigenvalue weighted by Gasteiger charge is -2.10. The summed E-state index contributed by atoms with van der Waals surface area (Å²) in [5, 5.41) is 9.48. The van der Waals surface area contributed by atoms with Crippen molar-refractivity contribution < 1.29 is 9.84 Å². The molecule has 3 aromatic rings. The molecule has 0 atom stereocenters. The number of fused-ring (bicyclic) bond motifs is 1. The molecule has 114 valence electrons. The second kappa shape index (κ2) is 6.62. The number of para-hydroxylation sites is 2. The van der Waals surface area contributed by atoms with E-state index >= 15 is 0 Å². The largest absolute Gasteiger partial charge is 0.492 e. The molecule has 1 aromatic heterocycles. The minimum Gasteiger partial charge on any atom is -0.492 e. The van der Waals surface area contributed by atoms with Crippen LogP contribution in [0.5, 0.6) is 5.75 Å². The number of rotatable bonds is 6. The van der Waals surface area contributed by atoms with Crippen molar-refractivity contribution in [2.24, 2.45) is 0 Å². The van der Waals surface area contributed by atoms with Crippen LogP contribution < -0.4 is 4.74 Å². The number of aromatic nitrogens is 2. The number of aliphatic hydroxyl groups is 1. The number of imidazole rings is 1. The average Bonchev–Trinajstić information content (AvgIpc) is 2.93. The van der Waals surface area contributed by atoms with Gasteiger partial charge in [-0.05, 0) is 36.2 Å². The van der Waals surface area contributed by atoms with Gasteiger partial charge in [0.1, 0.15) is 24.8 Å². The summed E-state index contributed by atoms with van der Waals surface area (Å²) in [5.74, 6) is 1.56. The zero-order chi connectivity index (χ0) is 15.4. The quantitative estimate of drug-likeness (QED) is 0.760. The van der Waals surface area contributed by atoms with Gasteiger partial charge in [-0.1, -0.05) is 31.2 Å². The fourth-order valence-electron chi connectivity index (χ4n) is 2.61. The Hall–Kier alpha value is -2.33. The first-order chi connectivity index (χ1) is 10.8. The van der Waals surface area contributed by atoms with Crippen molar-refractivity contribution in [3.05, 3.63) is 59.9 Å². The highest BCUT2D eigenvalue weighted by molar-refractivity contribution is 5.75. The van der Waals surface area contributed by atoms with E-state index < -0.39 is 0 Å². The van der Waals surface area contributed by atoms with Gasteiger partial charge in [0, 0.05) is 0 Å². The number of nitrogens with zero attached hydrogens (tertiary/aromatic N) is 2. The molecule has 1 heterocycles. The third kappa shape index (κ3) is 2.97. The third-order valence-corrected chi connectivity index (χ3v) is 3.77. The predicted octanol–water partition coefficient (Wildman–Crippen LogP) is 3.17. The zero-order valence-corrected chi connectivity index (χ0v) is 12.7. The smallest absolute Gasteiger partial charge is 0.135 e. The van der Waals surface area contributed by atoms with Crippen molar-refractivity contribution in [2.75, 3.05) is 6.61 Å². The Morgan fingerprint density at radius 2 is 2.00 bits per heavy atom. The molecule has 0 amide bonds. The van der Waals surface area contributed by atoms with Crippen LogP contribution in [0.2, 0.25) is 0 Å². The van der Waals surface area contributed by atoms with Gasteiger partial charge in [0.25, 0.3) is 0 Å². The molecule has 2 aromatic carbocycles. The molecule has 0 radical (unpaired) electrons. The number of aryl methyl sites for hydroxylation is 1. The summed E-state index contributed by atoms with van der Waals surface area (Å²) in [6.45, 7) is 3.26. The van der Waals surface area contributed by atoms with E-state index in [4.69, 9.17) is 4.74 Å². The maximum Gasteiger partial charge on any atom is 0.135 e. The molecule has 0 aliphatic heterocycles. The first kappa shape index (κ1) is 14.6. The van der Waals surface area contributed by atoms with Crippen molar-refractivity contribution in [3.8, 4) is 5.75 Å². The highest BCUT2D eigenvalue weighted by Crippen LogP contribution is 2.17. The number of hydrogen-bond donors (Lipinski definition) is 1. The number of benzene rings is 2. The van der Waals surface area contributed by atoms with Crippen LogP contribution in [0.4, 0.5) is 0 Å². The topological polar surface area (TPSA) is 47.3 Å². The van der Waals surface area contributed by atoms with Gasteiger partial charge in [0.2, 0.25) is 0 Å². The van der Waals surface area contributed by atoms with Crippen LogP contribution in [0.25, 0.3) is 11.0 Å². The summed E-state index contributed by atoms with van der Waals surface area (Å²) in [6, 6.07) is 16.0. The number of hydrogen-bond acceptors (Lipinski definition) is 3. The van der Waals surface area contributed by atoms with Crippen molar-refractivity contribution in [1.82, 2.24) is 9.55 Å². The lowest BCUT2D eigenvalue weighted by atomic mass is 10.2. The van der Waals surface area contributed by atoms with E-state index in [0.29, 0.717) is 19.0 Å². The van der Waals surface area contributed by atoms with Gasteiger partial charge in [-0.25, -0.2) is 4.98 Å². The highest BCUT2D eigenvalue weighted by Gasteiger charge is 2.09. The SMILES string of the molecule is CCc1cccc(OCCn2c(CO)nc3ccccc32)c1. The van der Waals surface area contributed by atoms with Crippen molar-refractivity contribution in [1.29, 1.82) is 0 Å². The summed E-state index contributed by atoms with van der Waals surface area (Å²) >= 11 is 0. The molecule has 22 heavy (non-hydrogen) atoms. The van der Waals surface area contributed by atoms with Gasteiger partial charge >= 0.3 is 0 Å². The second-order valence-corrected chi connectivity index (χ2v) is 5.18. The van der Waals surface area contributed by atoms with Gasteiger partial charge in [-0.3, -0.25) is 0 Å². The Kier molecular flexibility index (Phi) is 4.39. The van der Waals surface area contributed by atoms with Crippen molar-refractivity contribution in [3.63, 3.8) is 0 Å². The molecule has 0 aliphatic carbocycles. The minimum atomic E-state index is -0.0694. The third-order valence-electron chi connectivity index (χ3n) is 3.77. The fourth-order valence-corrected chi connectivity index (χ4v) is 2.61. The van der Waals surface area contributed by atoms with Gasteiger partial charge < -0.3 is 14.4 Å². The maximum absolute atomic E-state index is 9.48. The molecule has 3 rings (SSSR count). The molecule has 4 nitrogen and oxygen atoms in total. The molecule has 0 saturated heterocycles. The second-order valence-electron chi connectivity index (χ2n) is 5.18. The molecular weight excluding hydrogens is 276 g/mol. The maximum atomic E-state index is 9.48. The van der Waals surface area contributed by atoms with Gasteiger partial charge in [-0.15, -0.1) is 0 Å². The predicted molar refractivity (Wildman–Crippen MR) is 87.0 cm³/mol. The van der Waals surface area contributed by atoms with Crippen LogP contribution in [0.15, 0.2) is 48.5 Å². The van der Waals surface area contributed by atoms with Crippen LogP contribution in [0.1, 0.15) is 18.3 Å². The van der Waals surface area contributed by atoms with Crippen LogP contribution in [-0.2, 0) is 19.6 Å². The average molecular weight is 296 g/mol. The summed E-state index contributed by atoms with van der Waals surface area (Å²) in [7, 11) is 0. The van der Waals surface area contributed by atoms with E-state index in [-0.39, 0.29) is 6.61 Å². The Morgan fingerprint density at radius 1 is 1.14 bits per heavy atom. The van der Waals surface area contributed by atoms with Gasteiger partial charge in [-0.2, -0.15) is 0 Å². The molecule has 0 bridgehead atoms. The summed E-state index contributed by atoms with van der Waals surface area (Å²) in [6.07, 6.45) is 0.998. The standard InChI is InChI=1S/C18H20N2O2/c1-2-14-6-5-7-15(12-14)22-11-10-20-17-9-4-3-8-16(17)19-18(20)13-21/h3-9,12,21H,2,10-11,13H2,1H3. The number of ether oxygens (including phenoxy) is 1. The zero-order valence-electron chi connectivity index (χ0n) is 12.7. The highest BCUT2D eigenvalue weighted by atomic mass is 16.5. The summed E-state index contributed by atoms with van der Waals surface area (Å²) in [5.41, 5.74) is 3.19. The summed E-state index contributed by atoms with van der Waals surface area (Å²) < 4.78 is 7.85.